The van der Waals surface area contributed by atoms with Crippen molar-refractivity contribution in [2.75, 3.05) is 5.32 Å². The van der Waals surface area contributed by atoms with Gasteiger partial charge < -0.3 is 10.4 Å². The summed E-state index contributed by atoms with van der Waals surface area (Å²) in [5.41, 5.74) is 2.70. The quantitative estimate of drug-likeness (QED) is 0.639. The summed E-state index contributed by atoms with van der Waals surface area (Å²) >= 11 is 5.90. The molecule has 0 radical (unpaired) electrons. The molecule has 0 atom stereocenters. The second-order valence-electron chi connectivity index (χ2n) is 4.39. The SMILES string of the molecule is C=C/C=C(C)\C=C(/C)C(=O)Nc1ccc(Cl)c(CO)c1. The minimum absolute atomic E-state index is 0.168. The van der Waals surface area contributed by atoms with Crippen LogP contribution < -0.4 is 5.32 Å². The van der Waals surface area contributed by atoms with Crippen LogP contribution in [0.5, 0.6) is 0 Å². The predicted molar refractivity (Wildman–Crippen MR) is 83.7 cm³/mol. The Kier molecular flexibility index (Phi) is 6.22. The summed E-state index contributed by atoms with van der Waals surface area (Å²) in [6, 6.07) is 4.99. The van der Waals surface area contributed by atoms with E-state index in [1.807, 2.05) is 13.0 Å². The molecule has 1 aromatic rings. The summed E-state index contributed by atoms with van der Waals surface area (Å²) in [5.74, 6) is -0.201. The van der Waals surface area contributed by atoms with Gasteiger partial charge in [-0.1, -0.05) is 42.0 Å². The van der Waals surface area contributed by atoms with Gasteiger partial charge in [0.2, 0.25) is 0 Å². The van der Waals surface area contributed by atoms with Gasteiger partial charge in [-0.3, -0.25) is 4.79 Å². The molecule has 0 saturated heterocycles. The summed E-state index contributed by atoms with van der Waals surface area (Å²) < 4.78 is 0. The monoisotopic (exact) mass is 291 g/mol. The van der Waals surface area contributed by atoms with Gasteiger partial charge in [0.25, 0.3) is 5.91 Å². The molecule has 0 saturated carbocycles. The van der Waals surface area contributed by atoms with E-state index in [4.69, 9.17) is 16.7 Å². The van der Waals surface area contributed by atoms with Crippen molar-refractivity contribution >= 4 is 23.2 Å². The molecule has 1 aromatic carbocycles. The van der Waals surface area contributed by atoms with Gasteiger partial charge in [-0.15, -0.1) is 0 Å². The Morgan fingerprint density at radius 1 is 1.45 bits per heavy atom. The fourth-order valence-electron chi connectivity index (χ4n) is 1.64. The smallest absolute Gasteiger partial charge is 0.251 e. The third-order valence-corrected chi connectivity index (χ3v) is 3.03. The molecule has 3 nitrogen and oxygen atoms in total. The summed E-state index contributed by atoms with van der Waals surface area (Å²) in [5, 5.41) is 12.4. The fourth-order valence-corrected chi connectivity index (χ4v) is 1.82. The van der Waals surface area contributed by atoms with Gasteiger partial charge in [0.05, 0.1) is 6.61 Å². The van der Waals surface area contributed by atoms with Crippen LogP contribution >= 0.6 is 11.6 Å². The average Bonchev–Trinajstić information content (AvgIpc) is 2.41. The number of halogens is 1. The molecule has 4 heteroatoms. The zero-order valence-corrected chi connectivity index (χ0v) is 12.4. The van der Waals surface area contributed by atoms with Gasteiger partial charge >= 0.3 is 0 Å². The number of hydrogen-bond donors (Lipinski definition) is 2. The Morgan fingerprint density at radius 3 is 2.75 bits per heavy atom. The van der Waals surface area contributed by atoms with Crippen LogP contribution in [0, 0.1) is 0 Å². The topological polar surface area (TPSA) is 49.3 Å². The van der Waals surface area contributed by atoms with Crippen LogP contribution in [0.25, 0.3) is 0 Å². The molecule has 0 aliphatic heterocycles. The summed E-state index contributed by atoms with van der Waals surface area (Å²) in [6.45, 7) is 7.07. The molecule has 1 amide bonds. The predicted octanol–water partition coefficient (Wildman–Crippen LogP) is 3.85. The van der Waals surface area contributed by atoms with Gasteiger partial charge in [0.1, 0.15) is 0 Å². The largest absolute Gasteiger partial charge is 0.392 e. The minimum atomic E-state index is -0.201. The zero-order chi connectivity index (χ0) is 15.1. The molecular weight excluding hydrogens is 274 g/mol. The lowest BCUT2D eigenvalue weighted by atomic mass is 10.1. The third kappa shape index (κ3) is 4.68. The van der Waals surface area contributed by atoms with Gasteiger partial charge in [-0.2, -0.15) is 0 Å². The van der Waals surface area contributed by atoms with E-state index < -0.39 is 0 Å². The first kappa shape index (κ1) is 16.2. The normalized spacial score (nSPS) is 12.2. The number of rotatable bonds is 5. The summed E-state index contributed by atoms with van der Waals surface area (Å²) in [7, 11) is 0. The van der Waals surface area contributed by atoms with E-state index in [0.717, 1.165) is 5.57 Å². The van der Waals surface area contributed by atoms with Crippen molar-refractivity contribution in [2.45, 2.75) is 20.5 Å². The maximum Gasteiger partial charge on any atom is 0.251 e. The van der Waals surface area contributed by atoms with Crippen molar-refractivity contribution in [3.8, 4) is 0 Å². The summed E-state index contributed by atoms with van der Waals surface area (Å²) in [4.78, 5) is 12.0. The lowest BCUT2D eigenvalue weighted by Crippen LogP contribution is -2.13. The lowest BCUT2D eigenvalue weighted by Gasteiger charge is -2.08. The minimum Gasteiger partial charge on any atom is -0.392 e. The van der Waals surface area contributed by atoms with Crippen molar-refractivity contribution < 1.29 is 9.90 Å². The number of amides is 1. The van der Waals surface area contributed by atoms with Gasteiger partial charge in [-0.05, 0) is 37.6 Å². The molecule has 106 valence electrons. The fraction of sp³-hybridized carbons (Fsp3) is 0.188. The van der Waals surface area contributed by atoms with Crippen molar-refractivity contribution in [1.82, 2.24) is 0 Å². The van der Waals surface area contributed by atoms with Crippen LogP contribution in [-0.4, -0.2) is 11.0 Å². The van der Waals surface area contributed by atoms with Crippen molar-refractivity contribution in [2.24, 2.45) is 0 Å². The van der Waals surface area contributed by atoms with Gasteiger partial charge in [-0.25, -0.2) is 0 Å². The van der Waals surface area contributed by atoms with Crippen LogP contribution in [0.4, 0.5) is 5.69 Å². The highest BCUT2D eigenvalue weighted by atomic mass is 35.5. The Morgan fingerprint density at radius 2 is 2.15 bits per heavy atom. The molecule has 0 aliphatic carbocycles. The number of allylic oxidation sites excluding steroid dienone is 4. The molecule has 0 unspecified atom stereocenters. The first-order valence-electron chi connectivity index (χ1n) is 6.16. The maximum absolute atomic E-state index is 12.0. The lowest BCUT2D eigenvalue weighted by molar-refractivity contribution is -0.112. The van der Waals surface area contributed by atoms with Gasteiger partial charge in [0.15, 0.2) is 0 Å². The van der Waals surface area contributed by atoms with Crippen LogP contribution in [0.2, 0.25) is 5.02 Å². The molecule has 0 spiro atoms. The Labute approximate surface area is 124 Å². The van der Waals surface area contributed by atoms with Crippen molar-refractivity contribution in [3.05, 3.63) is 64.7 Å². The number of anilines is 1. The summed E-state index contributed by atoms with van der Waals surface area (Å²) in [6.07, 6.45) is 5.27. The highest BCUT2D eigenvalue weighted by molar-refractivity contribution is 6.31. The van der Waals surface area contributed by atoms with Crippen molar-refractivity contribution in [1.29, 1.82) is 0 Å². The number of benzene rings is 1. The zero-order valence-electron chi connectivity index (χ0n) is 11.6. The number of aliphatic hydroxyl groups is 1. The number of carbonyl (C=O) groups is 1. The van der Waals surface area contributed by atoms with Crippen LogP contribution in [0.3, 0.4) is 0 Å². The Balaban J connectivity index is 2.85. The van der Waals surface area contributed by atoms with E-state index in [-0.39, 0.29) is 12.5 Å². The van der Waals surface area contributed by atoms with E-state index in [9.17, 15) is 4.79 Å². The number of carbonyl (C=O) groups excluding carboxylic acids is 1. The Bertz CT molecular complexity index is 574. The van der Waals surface area contributed by atoms with Crippen LogP contribution in [-0.2, 0) is 11.4 Å². The van der Waals surface area contributed by atoms with E-state index in [2.05, 4.69) is 11.9 Å². The van der Waals surface area contributed by atoms with Crippen LogP contribution in [0.15, 0.2) is 54.2 Å². The first-order chi connectivity index (χ1) is 9.47. The van der Waals surface area contributed by atoms with Crippen LogP contribution in [0.1, 0.15) is 19.4 Å². The van der Waals surface area contributed by atoms with Crippen molar-refractivity contribution in [3.63, 3.8) is 0 Å². The number of aliphatic hydroxyl groups excluding tert-OH is 1. The Hall–Kier alpha value is -1.84. The molecule has 0 fully saturated rings. The first-order valence-corrected chi connectivity index (χ1v) is 6.54. The average molecular weight is 292 g/mol. The molecule has 1 rings (SSSR count). The second kappa shape index (κ2) is 7.68. The second-order valence-corrected chi connectivity index (χ2v) is 4.80. The molecule has 0 heterocycles. The number of nitrogens with one attached hydrogen (secondary N) is 1. The number of hydrogen-bond acceptors (Lipinski definition) is 2. The maximum atomic E-state index is 12.0. The third-order valence-electron chi connectivity index (χ3n) is 2.66. The molecular formula is C16H18ClNO2. The molecule has 20 heavy (non-hydrogen) atoms. The van der Waals surface area contributed by atoms with E-state index in [1.54, 1.807) is 37.3 Å². The van der Waals surface area contributed by atoms with E-state index >= 15 is 0 Å². The molecule has 0 aromatic heterocycles. The van der Waals surface area contributed by atoms with E-state index in [1.165, 1.54) is 0 Å². The van der Waals surface area contributed by atoms with Gasteiger partial charge in [0, 0.05) is 16.3 Å². The van der Waals surface area contributed by atoms with E-state index in [0.29, 0.717) is 21.8 Å². The highest BCUT2D eigenvalue weighted by Crippen LogP contribution is 2.21. The standard InChI is InChI=1S/C16H18ClNO2/c1-4-5-11(2)8-12(3)16(20)18-14-6-7-15(17)13(9-14)10-19/h4-9,19H,1,10H2,2-3H3,(H,18,20)/b11-5-,12-8+. The molecule has 0 bridgehead atoms. The molecule has 0 aliphatic rings. The highest BCUT2D eigenvalue weighted by Gasteiger charge is 2.07. The molecule has 2 N–H and O–H groups in total.